The molecule has 0 bridgehead atoms. The Morgan fingerprint density at radius 2 is 2.06 bits per heavy atom. The van der Waals surface area contributed by atoms with Crippen molar-refractivity contribution < 1.29 is 4.74 Å². The number of hydrogen-bond donors (Lipinski definition) is 0. The lowest BCUT2D eigenvalue weighted by Crippen LogP contribution is -2.19. The van der Waals surface area contributed by atoms with Crippen LogP contribution in [0.1, 0.15) is 36.5 Å². The Bertz CT molecular complexity index is 349. The van der Waals surface area contributed by atoms with Crippen LogP contribution in [0.4, 0.5) is 0 Å². The highest BCUT2D eigenvalue weighted by molar-refractivity contribution is 5.30. The van der Waals surface area contributed by atoms with Gasteiger partial charge in [0.2, 0.25) is 0 Å². The van der Waals surface area contributed by atoms with Crippen molar-refractivity contribution in [3.8, 4) is 0 Å². The topological polar surface area (TPSA) is 12.5 Å². The molecule has 0 saturated heterocycles. The highest BCUT2D eigenvalue weighted by Crippen LogP contribution is 2.31. The molecule has 2 rings (SSSR count). The van der Waals surface area contributed by atoms with E-state index in [0.29, 0.717) is 6.10 Å². The molecular formula is C15H23NO. The van der Waals surface area contributed by atoms with Gasteiger partial charge in [0.25, 0.3) is 0 Å². The van der Waals surface area contributed by atoms with Crippen molar-refractivity contribution in [1.82, 2.24) is 4.90 Å². The molecule has 1 atom stereocenters. The second-order valence-corrected chi connectivity index (χ2v) is 5.11. The molecule has 0 fully saturated rings. The van der Waals surface area contributed by atoms with Crippen molar-refractivity contribution >= 4 is 0 Å². The molecule has 0 heterocycles. The monoisotopic (exact) mass is 233 g/mol. The van der Waals surface area contributed by atoms with E-state index in [9.17, 15) is 0 Å². The van der Waals surface area contributed by atoms with E-state index in [-0.39, 0.29) is 0 Å². The fraction of sp³-hybridized carbons (Fsp3) is 0.600. The summed E-state index contributed by atoms with van der Waals surface area (Å²) in [5.74, 6) is 0. The summed E-state index contributed by atoms with van der Waals surface area (Å²) in [6.45, 7) is 1.82. The third-order valence-electron chi connectivity index (χ3n) is 3.42. The Morgan fingerprint density at radius 1 is 1.24 bits per heavy atom. The second kappa shape index (κ2) is 6.18. The molecule has 0 radical (unpaired) electrons. The number of likely N-dealkylation sites (N-methyl/N-ethyl adjacent to an activating group) is 1. The second-order valence-electron chi connectivity index (χ2n) is 5.11. The number of rotatable bonds is 4. The fourth-order valence-corrected chi connectivity index (χ4v) is 2.43. The van der Waals surface area contributed by atoms with Crippen molar-refractivity contribution in [3.05, 3.63) is 35.4 Å². The number of nitrogens with zero attached hydrogens (tertiary/aromatic N) is 1. The van der Waals surface area contributed by atoms with E-state index < -0.39 is 0 Å². The number of benzene rings is 1. The average Bonchev–Trinajstić information content (AvgIpc) is 2.52. The van der Waals surface area contributed by atoms with Gasteiger partial charge in [0, 0.05) is 6.54 Å². The van der Waals surface area contributed by atoms with Gasteiger partial charge in [-0.15, -0.1) is 0 Å². The molecule has 0 aliphatic heterocycles. The van der Waals surface area contributed by atoms with Crippen LogP contribution in [0.5, 0.6) is 0 Å². The lowest BCUT2D eigenvalue weighted by molar-refractivity contribution is 0.0376. The molecule has 2 heteroatoms. The largest absolute Gasteiger partial charge is 0.372 e. The van der Waals surface area contributed by atoms with Gasteiger partial charge in [-0.3, -0.25) is 0 Å². The third-order valence-corrected chi connectivity index (χ3v) is 3.42. The summed E-state index contributed by atoms with van der Waals surface area (Å²) < 4.78 is 6.06. The summed E-state index contributed by atoms with van der Waals surface area (Å²) in [6, 6.07) is 8.76. The predicted molar refractivity (Wildman–Crippen MR) is 71.2 cm³/mol. The van der Waals surface area contributed by atoms with E-state index in [1.807, 2.05) is 0 Å². The van der Waals surface area contributed by atoms with Crippen LogP contribution in [-0.4, -0.2) is 32.1 Å². The molecule has 0 spiro atoms. The van der Waals surface area contributed by atoms with Gasteiger partial charge < -0.3 is 9.64 Å². The van der Waals surface area contributed by atoms with Gasteiger partial charge in [-0.2, -0.15) is 0 Å². The van der Waals surface area contributed by atoms with Crippen LogP contribution >= 0.6 is 0 Å². The SMILES string of the molecule is CN(C)CCO[C@H]1CCCCc2ccccc21. The van der Waals surface area contributed by atoms with Gasteiger partial charge in [-0.1, -0.05) is 30.7 Å². The van der Waals surface area contributed by atoms with Crippen molar-refractivity contribution in [2.24, 2.45) is 0 Å². The molecule has 0 aromatic heterocycles. The predicted octanol–water partition coefficient (Wildman–Crippen LogP) is 3.03. The van der Waals surface area contributed by atoms with Gasteiger partial charge in [-0.25, -0.2) is 0 Å². The van der Waals surface area contributed by atoms with E-state index in [1.165, 1.54) is 36.8 Å². The Hall–Kier alpha value is -0.860. The number of hydrogen-bond acceptors (Lipinski definition) is 2. The molecule has 17 heavy (non-hydrogen) atoms. The summed E-state index contributed by atoms with van der Waals surface area (Å²) in [7, 11) is 4.18. The Balaban J connectivity index is 2.01. The highest BCUT2D eigenvalue weighted by Gasteiger charge is 2.18. The molecular weight excluding hydrogens is 210 g/mol. The summed E-state index contributed by atoms with van der Waals surface area (Å²) in [4.78, 5) is 2.17. The first-order valence-corrected chi connectivity index (χ1v) is 6.61. The van der Waals surface area contributed by atoms with E-state index in [4.69, 9.17) is 4.74 Å². The summed E-state index contributed by atoms with van der Waals surface area (Å²) >= 11 is 0. The molecule has 94 valence electrons. The first kappa shape index (κ1) is 12.6. The average molecular weight is 233 g/mol. The molecule has 1 aliphatic carbocycles. The van der Waals surface area contributed by atoms with E-state index in [0.717, 1.165) is 13.2 Å². The van der Waals surface area contributed by atoms with Crippen molar-refractivity contribution in [3.63, 3.8) is 0 Å². The van der Waals surface area contributed by atoms with Crippen LogP contribution in [0.3, 0.4) is 0 Å². The third kappa shape index (κ3) is 3.55. The quantitative estimate of drug-likeness (QED) is 0.741. The first-order chi connectivity index (χ1) is 8.27. The van der Waals surface area contributed by atoms with Crippen LogP contribution in [0.25, 0.3) is 0 Å². The van der Waals surface area contributed by atoms with Crippen LogP contribution in [0.15, 0.2) is 24.3 Å². The smallest absolute Gasteiger partial charge is 0.0828 e. The van der Waals surface area contributed by atoms with Crippen LogP contribution < -0.4 is 0 Å². The maximum absolute atomic E-state index is 6.06. The number of ether oxygens (including phenoxy) is 1. The van der Waals surface area contributed by atoms with Gasteiger partial charge in [-0.05, 0) is 44.5 Å². The number of fused-ring (bicyclic) bond motifs is 1. The standard InChI is InChI=1S/C15H23NO/c1-16(2)11-12-17-15-10-6-4-8-13-7-3-5-9-14(13)15/h3,5,7,9,15H,4,6,8,10-12H2,1-2H3/t15-/m0/s1. The summed E-state index contributed by atoms with van der Waals surface area (Å²) in [5, 5.41) is 0. The minimum atomic E-state index is 0.314. The number of aryl methyl sites for hydroxylation is 1. The first-order valence-electron chi connectivity index (χ1n) is 6.61. The zero-order chi connectivity index (χ0) is 12.1. The van der Waals surface area contributed by atoms with E-state index in [2.05, 4.69) is 43.3 Å². The molecule has 1 aliphatic rings. The minimum Gasteiger partial charge on any atom is -0.372 e. The van der Waals surface area contributed by atoms with Gasteiger partial charge in [0.15, 0.2) is 0 Å². The zero-order valence-corrected chi connectivity index (χ0v) is 11.0. The fourth-order valence-electron chi connectivity index (χ4n) is 2.43. The van der Waals surface area contributed by atoms with E-state index >= 15 is 0 Å². The normalized spacial score (nSPS) is 20.1. The molecule has 0 amide bonds. The maximum atomic E-state index is 6.06. The zero-order valence-electron chi connectivity index (χ0n) is 11.0. The van der Waals surface area contributed by atoms with Crippen molar-refractivity contribution in [2.75, 3.05) is 27.2 Å². The van der Waals surface area contributed by atoms with Crippen molar-refractivity contribution in [2.45, 2.75) is 31.8 Å². The van der Waals surface area contributed by atoms with Gasteiger partial charge in [0.05, 0.1) is 12.7 Å². The van der Waals surface area contributed by atoms with Crippen LogP contribution in [-0.2, 0) is 11.2 Å². The highest BCUT2D eigenvalue weighted by atomic mass is 16.5. The lowest BCUT2D eigenvalue weighted by atomic mass is 10.0. The lowest BCUT2D eigenvalue weighted by Gasteiger charge is -2.19. The Kier molecular flexibility index (Phi) is 4.57. The maximum Gasteiger partial charge on any atom is 0.0828 e. The van der Waals surface area contributed by atoms with Gasteiger partial charge in [0.1, 0.15) is 0 Å². The van der Waals surface area contributed by atoms with E-state index in [1.54, 1.807) is 0 Å². The van der Waals surface area contributed by atoms with Crippen LogP contribution in [0, 0.1) is 0 Å². The molecule has 2 nitrogen and oxygen atoms in total. The van der Waals surface area contributed by atoms with Crippen molar-refractivity contribution in [1.29, 1.82) is 0 Å². The minimum absolute atomic E-state index is 0.314. The molecule has 0 unspecified atom stereocenters. The van der Waals surface area contributed by atoms with Crippen LogP contribution in [0.2, 0.25) is 0 Å². The Labute approximate surface area is 105 Å². The Morgan fingerprint density at radius 3 is 2.88 bits per heavy atom. The van der Waals surface area contributed by atoms with Gasteiger partial charge >= 0.3 is 0 Å². The summed E-state index contributed by atoms with van der Waals surface area (Å²) in [6.07, 6.45) is 5.27. The summed E-state index contributed by atoms with van der Waals surface area (Å²) in [5.41, 5.74) is 2.91. The molecule has 1 aromatic rings. The molecule has 1 aromatic carbocycles. The molecule has 0 saturated carbocycles. The molecule has 0 N–H and O–H groups in total.